The number of amides is 2. The van der Waals surface area contributed by atoms with Crippen molar-refractivity contribution in [3.63, 3.8) is 0 Å². The minimum Gasteiger partial charge on any atom is -0.497 e. The fourth-order valence-electron chi connectivity index (χ4n) is 3.32. The summed E-state index contributed by atoms with van der Waals surface area (Å²) in [6.07, 6.45) is -2.61. The predicted molar refractivity (Wildman–Crippen MR) is 119 cm³/mol. The van der Waals surface area contributed by atoms with Gasteiger partial charge in [-0.05, 0) is 54.1 Å². The van der Waals surface area contributed by atoms with Gasteiger partial charge in [0.2, 0.25) is 0 Å². The van der Waals surface area contributed by atoms with E-state index < -0.39 is 11.7 Å². The molecule has 6 nitrogen and oxygen atoms in total. The highest BCUT2D eigenvalue weighted by Crippen LogP contribution is 2.29. The standard InChI is InChI=1S/C24H26F3N3O3/c1-32-14-13-30(23(31)28-20-8-10-22(33-2)11-9-20)17-21-7-4-12-29(21)16-18-5-3-6-19(15-18)24(25,26)27/h3-12,15H,13-14,16-17H2,1-2H3,(H,28,31). The Labute approximate surface area is 190 Å². The monoisotopic (exact) mass is 461 g/mol. The first-order valence-corrected chi connectivity index (χ1v) is 10.3. The normalized spacial score (nSPS) is 11.3. The molecular weight excluding hydrogens is 435 g/mol. The maximum atomic E-state index is 13.0. The SMILES string of the molecule is COCCN(Cc1cccn1Cc1cccc(C(F)(F)F)c1)C(=O)Nc1ccc(OC)cc1. The Morgan fingerprint density at radius 3 is 2.48 bits per heavy atom. The number of benzene rings is 2. The number of anilines is 1. The van der Waals surface area contributed by atoms with Crippen molar-refractivity contribution in [3.05, 3.63) is 83.7 Å². The molecule has 0 aliphatic heterocycles. The minimum atomic E-state index is -4.40. The highest BCUT2D eigenvalue weighted by molar-refractivity contribution is 5.89. The molecule has 0 saturated carbocycles. The van der Waals surface area contributed by atoms with Crippen LogP contribution in [0.1, 0.15) is 16.8 Å². The number of halogens is 3. The summed E-state index contributed by atoms with van der Waals surface area (Å²) in [4.78, 5) is 14.5. The first-order chi connectivity index (χ1) is 15.8. The number of nitrogens with zero attached hydrogens (tertiary/aromatic N) is 2. The second-order valence-electron chi connectivity index (χ2n) is 7.40. The van der Waals surface area contributed by atoms with Crippen molar-refractivity contribution >= 4 is 11.7 Å². The van der Waals surface area contributed by atoms with Crippen molar-refractivity contribution in [3.8, 4) is 5.75 Å². The fourth-order valence-corrected chi connectivity index (χ4v) is 3.32. The molecule has 3 aromatic rings. The van der Waals surface area contributed by atoms with Gasteiger partial charge in [0, 0.05) is 37.8 Å². The van der Waals surface area contributed by atoms with Crippen molar-refractivity contribution in [2.45, 2.75) is 19.3 Å². The highest BCUT2D eigenvalue weighted by atomic mass is 19.4. The molecule has 0 radical (unpaired) electrons. The molecule has 176 valence electrons. The second-order valence-corrected chi connectivity index (χ2v) is 7.40. The summed E-state index contributed by atoms with van der Waals surface area (Å²) >= 11 is 0. The van der Waals surface area contributed by atoms with E-state index in [2.05, 4.69) is 5.32 Å². The molecule has 0 bridgehead atoms. The van der Waals surface area contributed by atoms with E-state index in [-0.39, 0.29) is 19.1 Å². The van der Waals surface area contributed by atoms with E-state index in [1.807, 2.05) is 10.6 Å². The molecular formula is C24H26F3N3O3. The molecule has 2 amide bonds. The van der Waals surface area contributed by atoms with Gasteiger partial charge in [0.05, 0.1) is 25.8 Å². The lowest BCUT2D eigenvalue weighted by molar-refractivity contribution is -0.137. The van der Waals surface area contributed by atoms with Gasteiger partial charge >= 0.3 is 12.2 Å². The summed E-state index contributed by atoms with van der Waals surface area (Å²) in [6.45, 7) is 1.19. The number of nitrogens with one attached hydrogen (secondary N) is 1. The Bertz CT molecular complexity index is 1050. The number of hydrogen-bond donors (Lipinski definition) is 1. The number of carbonyl (C=O) groups is 1. The Morgan fingerprint density at radius 2 is 1.82 bits per heavy atom. The van der Waals surface area contributed by atoms with Crippen molar-refractivity contribution < 1.29 is 27.4 Å². The molecule has 9 heteroatoms. The minimum absolute atomic E-state index is 0.254. The number of carbonyl (C=O) groups excluding carboxylic acids is 1. The van der Waals surface area contributed by atoms with Crippen LogP contribution < -0.4 is 10.1 Å². The van der Waals surface area contributed by atoms with Crippen molar-refractivity contribution in [2.24, 2.45) is 0 Å². The summed E-state index contributed by atoms with van der Waals surface area (Å²) in [5.74, 6) is 0.677. The van der Waals surface area contributed by atoms with Crippen molar-refractivity contribution in [1.29, 1.82) is 0 Å². The lowest BCUT2D eigenvalue weighted by Crippen LogP contribution is -2.37. The Balaban J connectivity index is 1.73. The van der Waals surface area contributed by atoms with Gasteiger partial charge in [0.15, 0.2) is 0 Å². The zero-order chi connectivity index (χ0) is 23.8. The number of alkyl halides is 3. The summed E-state index contributed by atoms with van der Waals surface area (Å²) in [7, 11) is 3.12. The number of aromatic nitrogens is 1. The van der Waals surface area contributed by atoms with Crippen LogP contribution in [-0.2, 0) is 24.0 Å². The van der Waals surface area contributed by atoms with E-state index in [1.54, 1.807) is 61.7 Å². The van der Waals surface area contributed by atoms with Gasteiger partial charge in [0.1, 0.15) is 5.75 Å². The number of ether oxygens (including phenoxy) is 2. The highest BCUT2D eigenvalue weighted by Gasteiger charge is 2.30. The number of urea groups is 1. The predicted octanol–water partition coefficient (Wildman–Crippen LogP) is 5.24. The summed E-state index contributed by atoms with van der Waals surface area (Å²) in [6, 6.07) is 15.5. The van der Waals surface area contributed by atoms with Crippen LogP contribution in [0.15, 0.2) is 66.9 Å². The van der Waals surface area contributed by atoms with Gasteiger partial charge in [-0.2, -0.15) is 13.2 Å². The molecule has 0 aliphatic rings. The van der Waals surface area contributed by atoms with Crippen LogP contribution in [0, 0.1) is 0 Å². The molecule has 2 aromatic carbocycles. The zero-order valence-corrected chi connectivity index (χ0v) is 18.4. The summed E-state index contributed by atoms with van der Waals surface area (Å²) in [5.41, 5.74) is 1.23. The van der Waals surface area contributed by atoms with Crippen LogP contribution in [0.3, 0.4) is 0 Å². The van der Waals surface area contributed by atoms with Crippen LogP contribution in [0.4, 0.5) is 23.7 Å². The van der Waals surface area contributed by atoms with E-state index in [1.165, 1.54) is 6.07 Å². The third kappa shape index (κ3) is 6.76. The van der Waals surface area contributed by atoms with Gasteiger partial charge in [-0.3, -0.25) is 0 Å². The van der Waals surface area contributed by atoms with E-state index in [4.69, 9.17) is 9.47 Å². The fraction of sp³-hybridized carbons (Fsp3) is 0.292. The lowest BCUT2D eigenvalue weighted by atomic mass is 10.1. The van der Waals surface area contributed by atoms with E-state index in [0.29, 0.717) is 30.2 Å². The average Bonchev–Trinajstić information content (AvgIpc) is 3.23. The Morgan fingerprint density at radius 1 is 1.06 bits per heavy atom. The smallest absolute Gasteiger partial charge is 0.416 e. The third-order valence-electron chi connectivity index (χ3n) is 5.08. The second kappa shape index (κ2) is 10.9. The molecule has 33 heavy (non-hydrogen) atoms. The van der Waals surface area contributed by atoms with Crippen LogP contribution in [0.2, 0.25) is 0 Å². The molecule has 0 atom stereocenters. The molecule has 1 N–H and O–H groups in total. The van der Waals surface area contributed by atoms with Crippen LogP contribution in [-0.4, -0.2) is 42.9 Å². The van der Waals surface area contributed by atoms with Gasteiger partial charge in [-0.15, -0.1) is 0 Å². The molecule has 3 rings (SSSR count). The van der Waals surface area contributed by atoms with Gasteiger partial charge < -0.3 is 24.3 Å². The van der Waals surface area contributed by atoms with E-state index >= 15 is 0 Å². The molecule has 0 fully saturated rings. The lowest BCUT2D eigenvalue weighted by Gasteiger charge is -2.24. The molecule has 0 spiro atoms. The molecule has 0 unspecified atom stereocenters. The Kier molecular flexibility index (Phi) is 8.00. The largest absolute Gasteiger partial charge is 0.497 e. The summed E-state index contributed by atoms with van der Waals surface area (Å²) < 4.78 is 51.2. The van der Waals surface area contributed by atoms with Gasteiger partial charge in [0.25, 0.3) is 0 Å². The number of rotatable bonds is 9. The molecule has 1 heterocycles. The van der Waals surface area contributed by atoms with E-state index in [9.17, 15) is 18.0 Å². The average molecular weight is 461 g/mol. The first kappa shape index (κ1) is 24.2. The molecule has 0 aliphatic carbocycles. The summed E-state index contributed by atoms with van der Waals surface area (Å²) in [5, 5.41) is 2.85. The quantitative estimate of drug-likeness (QED) is 0.474. The van der Waals surface area contributed by atoms with Crippen molar-refractivity contribution in [1.82, 2.24) is 9.47 Å². The maximum Gasteiger partial charge on any atom is 0.416 e. The van der Waals surface area contributed by atoms with E-state index in [0.717, 1.165) is 17.8 Å². The van der Waals surface area contributed by atoms with Crippen LogP contribution in [0.25, 0.3) is 0 Å². The zero-order valence-electron chi connectivity index (χ0n) is 18.4. The van der Waals surface area contributed by atoms with Crippen LogP contribution >= 0.6 is 0 Å². The topological polar surface area (TPSA) is 55.7 Å². The Hall–Kier alpha value is -3.46. The van der Waals surface area contributed by atoms with Crippen LogP contribution in [0.5, 0.6) is 5.75 Å². The molecule has 1 aromatic heterocycles. The van der Waals surface area contributed by atoms with Crippen molar-refractivity contribution in [2.75, 3.05) is 32.7 Å². The number of hydrogen-bond acceptors (Lipinski definition) is 3. The molecule has 0 saturated heterocycles. The van der Waals surface area contributed by atoms with Gasteiger partial charge in [-0.25, -0.2) is 4.79 Å². The first-order valence-electron chi connectivity index (χ1n) is 10.3. The third-order valence-corrected chi connectivity index (χ3v) is 5.08. The van der Waals surface area contributed by atoms with Gasteiger partial charge in [-0.1, -0.05) is 12.1 Å². The maximum absolute atomic E-state index is 13.0. The number of methoxy groups -OCH3 is 2.